The van der Waals surface area contributed by atoms with Gasteiger partial charge in [-0.3, -0.25) is 4.98 Å². The van der Waals surface area contributed by atoms with Crippen LogP contribution in [-0.2, 0) is 6.42 Å². The topological polar surface area (TPSA) is 48.1 Å². The second-order valence-electron chi connectivity index (χ2n) is 5.80. The van der Waals surface area contributed by atoms with Gasteiger partial charge in [0.2, 0.25) is 0 Å². The van der Waals surface area contributed by atoms with Crippen molar-refractivity contribution >= 4 is 11.8 Å². The molecule has 1 atom stereocenters. The molecule has 0 aromatic carbocycles. The number of hydrogen-bond donors (Lipinski definition) is 1. The Bertz CT molecular complexity index is 444. The number of hydrogen-bond acceptors (Lipinski definition) is 4. The molecular formula is C16H26N2OS. The number of nitrogens with two attached hydrogens (primary N) is 1. The molecule has 1 aromatic rings. The first-order valence-corrected chi connectivity index (χ1v) is 8.59. The number of aromatic nitrogens is 1. The minimum Gasteiger partial charge on any atom is -0.496 e. The second-order valence-corrected chi connectivity index (χ2v) is 7.03. The molecule has 2 N–H and O–H groups in total. The molecule has 1 aromatic heterocycles. The van der Waals surface area contributed by atoms with Gasteiger partial charge in [-0.2, -0.15) is 11.8 Å². The van der Waals surface area contributed by atoms with Crippen molar-refractivity contribution in [2.75, 3.05) is 18.6 Å². The van der Waals surface area contributed by atoms with Crippen molar-refractivity contribution in [3.05, 3.63) is 23.0 Å². The van der Waals surface area contributed by atoms with Crippen LogP contribution in [0.4, 0.5) is 0 Å². The molecule has 1 unspecified atom stereocenters. The lowest BCUT2D eigenvalue weighted by molar-refractivity contribution is 0.398. The van der Waals surface area contributed by atoms with Crippen LogP contribution in [0, 0.1) is 19.8 Å². The molecular weight excluding hydrogens is 268 g/mol. The van der Waals surface area contributed by atoms with E-state index in [1.165, 1.54) is 24.3 Å². The average molecular weight is 294 g/mol. The molecule has 1 fully saturated rings. The van der Waals surface area contributed by atoms with Crippen LogP contribution in [0.2, 0.25) is 0 Å². The molecule has 0 saturated carbocycles. The van der Waals surface area contributed by atoms with Crippen molar-refractivity contribution in [1.29, 1.82) is 0 Å². The van der Waals surface area contributed by atoms with E-state index >= 15 is 0 Å². The Morgan fingerprint density at radius 1 is 1.40 bits per heavy atom. The summed E-state index contributed by atoms with van der Waals surface area (Å²) in [4.78, 5) is 4.56. The van der Waals surface area contributed by atoms with Gasteiger partial charge in [0.1, 0.15) is 5.75 Å². The maximum absolute atomic E-state index is 6.35. The van der Waals surface area contributed by atoms with E-state index in [1.54, 1.807) is 7.11 Å². The van der Waals surface area contributed by atoms with Crippen LogP contribution in [0.5, 0.6) is 5.75 Å². The fraction of sp³-hybridized carbons (Fsp3) is 0.688. The molecule has 0 spiro atoms. The molecule has 1 aliphatic rings. The SMILES string of the molecule is COc1c(C)cnc(CC(N)CC2CCSCC2)c1C. The first-order chi connectivity index (χ1) is 9.61. The van der Waals surface area contributed by atoms with E-state index in [4.69, 9.17) is 10.5 Å². The maximum Gasteiger partial charge on any atom is 0.128 e. The Hall–Kier alpha value is -0.740. The number of pyridine rings is 1. The Morgan fingerprint density at radius 2 is 2.10 bits per heavy atom. The van der Waals surface area contributed by atoms with Crippen LogP contribution in [0.1, 0.15) is 36.1 Å². The summed E-state index contributed by atoms with van der Waals surface area (Å²) in [5.74, 6) is 4.36. The number of rotatable bonds is 5. The first-order valence-electron chi connectivity index (χ1n) is 7.44. The highest BCUT2D eigenvalue weighted by Crippen LogP contribution is 2.28. The third-order valence-corrected chi connectivity index (χ3v) is 5.23. The van der Waals surface area contributed by atoms with E-state index in [0.29, 0.717) is 0 Å². The van der Waals surface area contributed by atoms with E-state index < -0.39 is 0 Å². The first kappa shape index (κ1) is 15.6. The summed E-state index contributed by atoms with van der Waals surface area (Å²) in [5, 5.41) is 0. The van der Waals surface area contributed by atoms with Crippen molar-refractivity contribution < 1.29 is 4.74 Å². The van der Waals surface area contributed by atoms with Crippen LogP contribution in [0.3, 0.4) is 0 Å². The molecule has 1 saturated heterocycles. The van der Waals surface area contributed by atoms with E-state index in [1.807, 2.05) is 13.1 Å². The molecule has 2 heterocycles. The molecule has 2 rings (SSSR count). The van der Waals surface area contributed by atoms with Gasteiger partial charge in [0.05, 0.1) is 7.11 Å². The summed E-state index contributed by atoms with van der Waals surface area (Å²) in [7, 11) is 1.72. The van der Waals surface area contributed by atoms with Gasteiger partial charge in [0.15, 0.2) is 0 Å². The van der Waals surface area contributed by atoms with Gasteiger partial charge in [-0.25, -0.2) is 0 Å². The zero-order valence-corrected chi connectivity index (χ0v) is 13.6. The third-order valence-electron chi connectivity index (χ3n) is 4.18. The van der Waals surface area contributed by atoms with Gasteiger partial charge < -0.3 is 10.5 Å². The fourth-order valence-electron chi connectivity index (χ4n) is 3.02. The van der Waals surface area contributed by atoms with Gasteiger partial charge in [-0.05, 0) is 50.5 Å². The number of methoxy groups -OCH3 is 1. The highest BCUT2D eigenvalue weighted by atomic mass is 32.2. The fourth-order valence-corrected chi connectivity index (χ4v) is 4.22. The predicted molar refractivity (Wildman–Crippen MR) is 86.6 cm³/mol. The van der Waals surface area contributed by atoms with E-state index in [2.05, 4.69) is 23.7 Å². The summed E-state index contributed by atoms with van der Waals surface area (Å²) < 4.78 is 5.46. The van der Waals surface area contributed by atoms with Crippen LogP contribution in [0.15, 0.2) is 6.20 Å². The van der Waals surface area contributed by atoms with Crippen molar-refractivity contribution in [1.82, 2.24) is 4.98 Å². The van der Waals surface area contributed by atoms with Crippen molar-refractivity contribution in [2.45, 2.75) is 45.6 Å². The van der Waals surface area contributed by atoms with Crippen molar-refractivity contribution in [2.24, 2.45) is 11.7 Å². The minimum atomic E-state index is 0.210. The highest BCUT2D eigenvalue weighted by Gasteiger charge is 2.19. The van der Waals surface area contributed by atoms with Crippen LogP contribution < -0.4 is 10.5 Å². The van der Waals surface area contributed by atoms with Crippen LogP contribution in [0.25, 0.3) is 0 Å². The number of thioether (sulfide) groups is 1. The standard InChI is InChI=1S/C16H26N2OS/c1-11-10-18-15(12(2)16(11)19-3)9-14(17)8-13-4-6-20-7-5-13/h10,13-14H,4-9,17H2,1-3H3. The van der Waals surface area contributed by atoms with Crippen LogP contribution >= 0.6 is 11.8 Å². The maximum atomic E-state index is 6.35. The zero-order chi connectivity index (χ0) is 14.5. The third kappa shape index (κ3) is 3.89. The Kier molecular flexibility index (Phi) is 5.73. The zero-order valence-electron chi connectivity index (χ0n) is 12.8. The lowest BCUT2D eigenvalue weighted by atomic mass is 9.92. The van der Waals surface area contributed by atoms with Crippen molar-refractivity contribution in [3.8, 4) is 5.75 Å². The smallest absolute Gasteiger partial charge is 0.128 e. The van der Waals surface area contributed by atoms with Gasteiger partial charge in [-0.15, -0.1) is 0 Å². The molecule has 112 valence electrons. The predicted octanol–water partition coefficient (Wildman–Crippen LogP) is 3.11. The number of aryl methyl sites for hydroxylation is 1. The molecule has 20 heavy (non-hydrogen) atoms. The Labute approximate surface area is 126 Å². The van der Waals surface area contributed by atoms with E-state index in [0.717, 1.165) is 41.3 Å². The molecule has 0 aliphatic carbocycles. The lowest BCUT2D eigenvalue weighted by Crippen LogP contribution is -2.28. The molecule has 4 heteroatoms. The number of ether oxygens (including phenoxy) is 1. The van der Waals surface area contributed by atoms with E-state index in [9.17, 15) is 0 Å². The highest BCUT2D eigenvalue weighted by molar-refractivity contribution is 7.99. The lowest BCUT2D eigenvalue weighted by Gasteiger charge is -2.24. The van der Waals surface area contributed by atoms with Gasteiger partial charge in [-0.1, -0.05) is 0 Å². The Balaban J connectivity index is 1.98. The van der Waals surface area contributed by atoms with E-state index in [-0.39, 0.29) is 6.04 Å². The summed E-state index contributed by atoms with van der Waals surface area (Å²) >= 11 is 2.07. The van der Waals surface area contributed by atoms with Gasteiger partial charge >= 0.3 is 0 Å². The van der Waals surface area contributed by atoms with Crippen molar-refractivity contribution in [3.63, 3.8) is 0 Å². The Morgan fingerprint density at radius 3 is 2.75 bits per heavy atom. The van der Waals surface area contributed by atoms with Gasteiger partial charge in [0.25, 0.3) is 0 Å². The quantitative estimate of drug-likeness (QED) is 0.906. The minimum absolute atomic E-state index is 0.210. The molecule has 3 nitrogen and oxygen atoms in total. The molecule has 0 bridgehead atoms. The van der Waals surface area contributed by atoms with Gasteiger partial charge in [0, 0.05) is 35.5 Å². The number of nitrogens with zero attached hydrogens (tertiary/aromatic N) is 1. The average Bonchev–Trinajstić information content (AvgIpc) is 2.44. The molecule has 1 aliphatic heterocycles. The summed E-state index contributed by atoms with van der Waals surface area (Å²) in [6, 6.07) is 0.210. The monoisotopic (exact) mass is 294 g/mol. The van der Waals surface area contributed by atoms with Crippen LogP contribution in [-0.4, -0.2) is 29.6 Å². The summed E-state index contributed by atoms with van der Waals surface area (Å²) in [6.45, 7) is 4.11. The second kappa shape index (κ2) is 7.32. The molecule has 0 radical (unpaired) electrons. The summed E-state index contributed by atoms with van der Waals surface area (Å²) in [6.07, 6.45) is 6.51. The normalized spacial score (nSPS) is 18.0. The largest absolute Gasteiger partial charge is 0.496 e. The molecule has 0 amide bonds. The summed E-state index contributed by atoms with van der Waals surface area (Å²) in [5.41, 5.74) is 9.67.